The SMILES string of the molecule is NNC(c1ccc(-c2ccccc2)cc1)c1cccnc1. The summed E-state index contributed by atoms with van der Waals surface area (Å²) in [6, 6.07) is 22.6. The number of hydrogen-bond donors (Lipinski definition) is 2. The molecule has 21 heavy (non-hydrogen) atoms. The third-order valence-corrected chi connectivity index (χ3v) is 3.54. The number of rotatable bonds is 4. The standard InChI is InChI=1S/C18H17N3/c19-21-18(17-7-4-12-20-13-17)16-10-8-15(9-11-16)14-5-2-1-3-6-14/h1-13,18,21H,19H2. The van der Waals surface area contributed by atoms with E-state index in [0.29, 0.717) is 0 Å². The van der Waals surface area contributed by atoms with Crippen molar-refractivity contribution in [2.45, 2.75) is 6.04 Å². The monoisotopic (exact) mass is 275 g/mol. The van der Waals surface area contributed by atoms with Crippen LogP contribution < -0.4 is 11.3 Å². The molecule has 1 atom stereocenters. The summed E-state index contributed by atoms with van der Waals surface area (Å²) < 4.78 is 0. The minimum Gasteiger partial charge on any atom is -0.271 e. The fourth-order valence-electron chi connectivity index (χ4n) is 2.43. The van der Waals surface area contributed by atoms with Gasteiger partial charge in [0.25, 0.3) is 0 Å². The summed E-state index contributed by atoms with van der Waals surface area (Å²) in [6.45, 7) is 0. The van der Waals surface area contributed by atoms with Crippen LogP contribution in [0.5, 0.6) is 0 Å². The number of nitrogens with two attached hydrogens (primary N) is 1. The van der Waals surface area contributed by atoms with E-state index in [4.69, 9.17) is 5.84 Å². The predicted molar refractivity (Wildman–Crippen MR) is 85.3 cm³/mol. The highest BCUT2D eigenvalue weighted by atomic mass is 15.2. The number of nitrogens with zero attached hydrogens (tertiary/aromatic N) is 1. The average Bonchev–Trinajstić information content (AvgIpc) is 2.58. The van der Waals surface area contributed by atoms with Crippen molar-refractivity contribution in [1.29, 1.82) is 0 Å². The van der Waals surface area contributed by atoms with Crippen LogP contribution in [-0.4, -0.2) is 4.98 Å². The van der Waals surface area contributed by atoms with Crippen molar-refractivity contribution < 1.29 is 0 Å². The van der Waals surface area contributed by atoms with E-state index in [1.165, 1.54) is 11.1 Å². The van der Waals surface area contributed by atoms with E-state index >= 15 is 0 Å². The van der Waals surface area contributed by atoms with Crippen molar-refractivity contribution in [1.82, 2.24) is 10.4 Å². The van der Waals surface area contributed by atoms with Gasteiger partial charge in [0.05, 0.1) is 6.04 Å². The third-order valence-electron chi connectivity index (χ3n) is 3.54. The zero-order valence-electron chi connectivity index (χ0n) is 11.6. The van der Waals surface area contributed by atoms with Gasteiger partial charge in [-0.1, -0.05) is 60.7 Å². The number of benzene rings is 2. The van der Waals surface area contributed by atoms with Gasteiger partial charge >= 0.3 is 0 Å². The Hall–Kier alpha value is -2.49. The second-order valence-electron chi connectivity index (χ2n) is 4.87. The van der Waals surface area contributed by atoms with Gasteiger partial charge in [-0.15, -0.1) is 0 Å². The van der Waals surface area contributed by atoms with E-state index < -0.39 is 0 Å². The van der Waals surface area contributed by atoms with Crippen LogP contribution in [0.1, 0.15) is 17.2 Å². The van der Waals surface area contributed by atoms with Crippen LogP contribution in [0.15, 0.2) is 79.1 Å². The second-order valence-corrected chi connectivity index (χ2v) is 4.87. The molecule has 0 saturated heterocycles. The highest BCUT2D eigenvalue weighted by molar-refractivity contribution is 5.63. The first kappa shape index (κ1) is 13.5. The van der Waals surface area contributed by atoms with Crippen LogP contribution in [0.2, 0.25) is 0 Å². The highest BCUT2D eigenvalue weighted by Crippen LogP contribution is 2.24. The number of pyridine rings is 1. The highest BCUT2D eigenvalue weighted by Gasteiger charge is 2.12. The van der Waals surface area contributed by atoms with Gasteiger partial charge in [0, 0.05) is 12.4 Å². The van der Waals surface area contributed by atoms with E-state index in [9.17, 15) is 0 Å². The topological polar surface area (TPSA) is 50.9 Å². The van der Waals surface area contributed by atoms with Crippen LogP contribution in [0.4, 0.5) is 0 Å². The Morgan fingerprint density at radius 1 is 0.762 bits per heavy atom. The van der Waals surface area contributed by atoms with Gasteiger partial charge in [-0.2, -0.15) is 0 Å². The van der Waals surface area contributed by atoms with E-state index in [1.807, 2.05) is 36.5 Å². The second kappa shape index (κ2) is 6.31. The van der Waals surface area contributed by atoms with E-state index in [0.717, 1.165) is 11.1 Å². The minimum atomic E-state index is -0.0523. The molecule has 104 valence electrons. The molecule has 3 nitrogen and oxygen atoms in total. The average molecular weight is 275 g/mol. The van der Waals surface area contributed by atoms with Crippen molar-refractivity contribution in [3.63, 3.8) is 0 Å². The van der Waals surface area contributed by atoms with Gasteiger partial charge in [-0.25, -0.2) is 5.43 Å². The van der Waals surface area contributed by atoms with Gasteiger partial charge in [-0.3, -0.25) is 10.8 Å². The molecule has 1 aromatic heterocycles. The molecule has 3 heteroatoms. The summed E-state index contributed by atoms with van der Waals surface area (Å²) in [6.07, 6.45) is 3.59. The summed E-state index contributed by atoms with van der Waals surface area (Å²) >= 11 is 0. The number of hydrazine groups is 1. The lowest BCUT2D eigenvalue weighted by Crippen LogP contribution is -2.28. The van der Waals surface area contributed by atoms with Gasteiger partial charge in [0.15, 0.2) is 0 Å². The first-order chi connectivity index (χ1) is 10.4. The van der Waals surface area contributed by atoms with Crippen LogP contribution in [0.25, 0.3) is 11.1 Å². The Kier molecular flexibility index (Phi) is 4.05. The molecule has 0 aliphatic carbocycles. The molecular weight excluding hydrogens is 258 g/mol. The number of nitrogens with one attached hydrogen (secondary N) is 1. The molecule has 3 aromatic rings. The molecule has 0 amide bonds. The summed E-state index contributed by atoms with van der Waals surface area (Å²) in [7, 11) is 0. The van der Waals surface area contributed by atoms with E-state index in [-0.39, 0.29) is 6.04 Å². The van der Waals surface area contributed by atoms with Crippen molar-refractivity contribution >= 4 is 0 Å². The summed E-state index contributed by atoms with van der Waals surface area (Å²) in [4.78, 5) is 4.15. The normalized spacial score (nSPS) is 12.0. The quantitative estimate of drug-likeness (QED) is 0.567. The van der Waals surface area contributed by atoms with Crippen LogP contribution in [0.3, 0.4) is 0 Å². The van der Waals surface area contributed by atoms with E-state index in [1.54, 1.807) is 6.20 Å². The summed E-state index contributed by atoms with van der Waals surface area (Å²) in [5.41, 5.74) is 7.42. The Bertz CT molecular complexity index is 679. The lowest BCUT2D eigenvalue weighted by molar-refractivity contribution is 0.635. The van der Waals surface area contributed by atoms with Gasteiger partial charge < -0.3 is 0 Å². The molecule has 3 N–H and O–H groups in total. The van der Waals surface area contributed by atoms with Crippen LogP contribution in [0, 0.1) is 0 Å². The molecule has 2 aromatic carbocycles. The van der Waals surface area contributed by atoms with Gasteiger partial charge in [0.2, 0.25) is 0 Å². The zero-order chi connectivity index (χ0) is 14.5. The Morgan fingerprint density at radius 3 is 2.10 bits per heavy atom. The van der Waals surface area contributed by atoms with Gasteiger partial charge in [0.1, 0.15) is 0 Å². The summed E-state index contributed by atoms with van der Waals surface area (Å²) in [5.74, 6) is 5.71. The Morgan fingerprint density at radius 2 is 1.48 bits per heavy atom. The molecule has 0 spiro atoms. The molecule has 1 heterocycles. The zero-order valence-corrected chi connectivity index (χ0v) is 11.6. The molecule has 0 radical (unpaired) electrons. The molecule has 0 aliphatic rings. The van der Waals surface area contributed by atoms with Crippen molar-refractivity contribution in [3.05, 3.63) is 90.3 Å². The number of hydrogen-bond acceptors (Lipinski definition) is 3. The fraction of sp³-hybridized carbons (Fsp3) is 0.0556. The smallest absolute Gasteiger partial charge is 0.0725 e. The summed E-state index contributed by atoms with van der Waals surface area (Å²) in [5, 5.41) is 0. The molecule has 0 fully saturated rings. The lowest BCUT2D eigenvalue weighted by Gasteiger charge is -2.16. The lowest BCUT2D eigenvalue weighted by atomic mass is 9.97. The van der Waals surface area contributed by atoms with Crippen molar-refractivity contribution in [2.24, 2.45) is 5.84 Å². The first-order valence-corrected chi connectivity index (χ1v) is 6.90. The Labute approximate surface area is 124 Å². The first-order valence-electron chi connectivity index (χ1n) is 6.90. The molecule has 0 aliphatic heterocycles. The molecular formula is C18H17N3. The largest absolute Gasteiger partial charge is 0.271 e. The van der Waals surface area contributed by atoms with Crippen LogP contribution in [-0.2, 0) is 0 Å². The van der Waals surface area contributed by atoms with E-state index in [2.05, 4.69) is 46.8 Å². The maximum atomic E-state index is 5.71. The molecule has 1 unspecified atom stereocenters. The molecule has 0 saturated carbocycles. The molecule has 0 bridgehead atoms. The fourth-order valence-corrected chi connectivity index (χ4v) is 2.43. The maximum absolute atomic E-state index is 5.71. The third kappa shape index (κ3) is 2.99. The van der Waals surface area contributed by atoms with Crippen molar-refractivity contribution in [2.75, 3.05) is 0 Å². The Balaban J connectivity index is 1.90. The predicted octanol–water partition coefficient (Wildman–Crippen LogP) is 3.30. The number of aromatic nitrogens is 1. The maximum Gasteiger partial charge on any atom is 0.0725 e. The van der Waals surface area contributed by atoms with Crippen LogP contribution >= 0.6 is 0 Å². The molecule has 3 rings (SSSR count). The van der Waals surface area contributed by atoms with Gasteiger partial charge in [-0.05, 0) is 28.3 Å². The van der Waals surface area contributed by atoms with Crippen molar-refractivity contribution in [3.8, 4) is 11.1 Å². The minimum absolute atomic E-state index is 0.0523.